The van der Waals surface area contributed by atoms with Crippen LogP contribution < -0.4 is 16.0 Å². The molecular formula is C32H42N4O4. The van der Waals surface area contributed by atoms with E-state index in [1.165, 1.54) is 5.56 Å². The van der Waals surface area contributed by atoms with Gasteiger partial charge in [0.2, 0.25) is 17.7 Å². The molecular weight excluding hydrogens is 504 g/mol. The van der Waals surface area contributed by atoms with Crippen LogP contribution >= 0.6 is 0 Å². The maximum atomic E-state index is 14.4. The number of carbonyl (C=O) groups is 3. The van der Waals surface area contributed by atoms with Crippen molar-refractivity contribution in [2.75, 3.05) is 7.05 Å². The van der Waals surface area contributed by atoms with Gasteiger partial charge in [-0.15, -0.1) is 0 Å². The first-order valence-electron chi connectivity index (χ1n) is 14.8. The van der Waals surface area contributed by atoms with E-state index < -0.39 is 18.1 Å². The third kappa shape index (κ3) is 6.02. The normalized spacial score (nSPS) is 22.4. The number of hydrogen-bond donors (Lipinski definition) is 4. The molecule has 0 radical (unpaired) electrons. The Kier molecular flexibility index (Phi) is 8.74. The maximum Gasteiger partial charge on any atom is 0.246 e. The topological polar surface area (TPSA) is 111 Å². The molecule has 3 amide bonds. The zero-order valence-corrected chi connectivity index (χ0v) is 23.6. The number of fused-ring (bicyclic) bond motifs is 2. The van der Waals surface area contributed by atoms with Crippen molar-refractivity contribution in [3.05, 3.63) is 64.7 Å². The van der Waals surface area contributed by atoms with Gasteiger partial charge in [0.25, 0.3) is 0 Å². The van der Waals surface area contributed by atoms with Crippen LogP contribution in [0.5, 0.6) is 5.75 Å². The fraction of sp³-hybridized carbons (Fsp3) is 0.531. The molecule has 1 fully saturated rings. The van der Waals surface area contributed by atoms with Crippen molar-refractivity contribution in [3.63, 3.8) is 0 Å². The highest BCUT2D eigenvalue weighted by Gasteiger charge is 2.41. The fourth-order valence-corrected chi connectivity index (χ4v) is 6.65. The highest BCUT2D eigenvalue weighted by molar-refractivity contribution is 5.94. The van der Waals surface area contributed by atoms with E-state index in [4.69, 9.17) is 0 Å². The van der Waals surface area contributed by atoms with Gasteiger partial charge in [0, 0.05) is 13.0 Å². The number of phenols is 1. The first-order chi connectivity index (χ1) is 19.4. The number of rotatable bonds is 7. The second-order valence-corrected chi connectivity index (χ2v) is 11.7. The van der Waals surface area contributed by atoms with Gasteiger partial charge < -0.3 is 26.0 Å². The van der Waals surface area contributed by atoms with Crippen LogP contribution in [0.25, 0.3) is 0 Å². The monoisotopic (exact) mass is 546 g/mol. The van der Waals surface area contributed by atoms with E-state index in [1.807, 2.05) is 18.2 Å². The van der Waals surface area contributed by atoms with Crippen LogP contribution in [0.15, 0.2) is 42.5 Å². The van der Waals surface area contributed by atoms with Gasteiger partial charge in [-0.3, -0.25) is 14.4 Å². The van der Waals surface area contributed by atoms with Gasteiger partial charge >= 0.3 is 0 Å². The molecule has 8 heteroatoms. The lowest BCUT2D eigenvalue weighted by Crippen LogP contribution is -2.60. The van der Waals surface area contributed by atoms with Crippen molar-refractivity contribution >= 4 is 17.7 Å². The standard InChI is InChI=1S/C32H42N4O4/c1-20(33-2)30(38)35-29(22-10-4-3-5-11-22)32(40)36-19-24-17-25(37)16-15-23(24)18-28(36)31(39)34-27-14-8-12-21-9-6-7-13-26(21)27/h6-7,9,13,15-17,20,22,27-29,33,37H,3-5,8,10-12,14,18-19H2,1-2H3,(H,34,39)(H,35,38)/t20-,27-,28+,29-/m0/s1. The number of nitrogens with one attached hydrogen (secondary N) is 3. The van der Waals surface area contributed by atoms with Gasteiger partial charge in [-0.1, -0.05) is 49.6 Å². The lowest BCUT2D eigenvalue weighted by atomic mass is 9.82. The molecule has 40 heavy (non-hydrogen) atoms. The average molecular weight is 547 g/mol. The van der Waals surface area contributed by atoms with Crippen LogP contribution in [0.4, 0.5) is 0 Å². The molecule has 1 aliphatic heterocycles. The molecule has 0 aromatic heterocycles. The predicted molar refractivity (Wildman–Crippen MR) is 153 cm³/mol. The Hall–Kier alpha value is -3.39. The summed E-state index contributed by atoms with van der Waals surface area (Å²) in [6.45, 7) is 1.98. The van der Waals surface area contributed by atoms with Crippen LogP contribution in [0.3, 0.4) is 0 Å². The molecule has 2 aromatic rings. The smallest absolute Gasteiger partial charge is 0.246 e. The first-order valence-corrected chi connectivity index (χ1v) is 14.8. The average Bonchev–Trinajstić information content (AvgIpc) is 2.98. The zero-order chi connectivity index (χ0) is 28.2. The Labute approximate surface area is 236 Å². The molecule has 0 bridgehead atoms. The Morgan fingerprint density at radius 1 is 0.950 bits per heavy atom. The summed E-state index contributed by atoms with van der Waals surface area (Å²) in [6.07, 6.45) is 8.12. The van der Waals surface area contributed by atoms with Gasteiger partial charge in [-0.05, 0) is 86.4 Å². The number of benzene rings is 2. The molecule has 214 valence electrons. The lowest BCUT2D eigenvalue weighted by molar-refractivity contribution is -0.146. The SMILES string of the molecule is CN[C@@H](C)C(=O)N[C@H](C(=O)N1Cc2cc(O)ccc2C[C@@H]1C(=O)N[C@H]1CCCc2ccccc21)C1CCCCC1. The summed E-state index contributed by atoms with van der Waals surface area (Å²) in [5, 5.41) is 19.5. The van der Waals surface area contributed by atoms with Crippen LogP contribution in [0.2, 0.25) is 0 Å². The van der Waals surface area contributed by atoms with Crippen LogP contribution in [-0.4, -0.2) is 52.9 Å². The van der Waals surface area contributed by atoms with Crippen LogP contribution in [-0.2, 0) is 33.8 Å². The number of aryl methyl sites for hydroxylation is 1. The molecule has 2 aliphatic carbocycles. The van der Waals surface area contributed by atoms with Gasteiger partial charge in [-0.2, -0.15) is 0 Å². The third-order valence-electron chi connectivity index (χ3n) is 9.10. The van der Waals surface area contributed by atoms with Crippen molar-refractivity contribution in [2.24, 2.45) is 5.92 Å². The molecule has 4 atom stereocenters. The van der Waals surface area contributed by atoms with Gasteiger partial charge in [0.15, 0.2) is 0 Å². The highest BCUT2D eigenvalue weighted by Crippen LogP contribution is 2.33. The van der Waals surface area contributed by atoms with Gasteiger partial charge in [0.1, 0.15) is 17.8 Å². The summed E-state index contributed by atoms with van der Waals surface area (Å²) in [4.78, 5) is 43.0. The van der Waals surface area contributed by atoms with Crippen LogP contribution in [0, 0.1) is 5.92 Å². The summed E-state index contributed by atoms with van der Waals surface area (Å²) in [5.74, 6) is -0.462. The summed E-state index contributed by atoms with van der Waals surface area (Å²) in [6, 6.07) is 11.5. The van der Waals surface area contributed by atoms with E-state index in [0.29, 0.717) is 6.42 Å². The number of hydrogen-bond acceptors (Lipinski definition) is 5. The van der Waals surface area contributed by atoms with E-state index >= 15 is 0 Å². The van der Waals surface area contributed by atoms with E-state index in [9.17, 15) is 19.5 Å². The summed E-state index contributed by atoms with van der Waals surface area (Å²) in [7, 11) is 1.72. The summed E-state index contributed by atoms with van der Waals surface area (Å²) >= 11 is 0. The molecule has 3 aliphatic rings. The molecule has 2 aromatic carbocycles. The quantitative estimate of drug-likeness (QED) is 0.425. The summed E-state index contributed by atoms with van der Waals surface area (Å²) in [5.41, 5.74) is 4.19. The number of nitrogens with zero attached hydrogens (tertiary/aromatic N) is 1. The van der Waals surface area contributed by atoms with Crippen molar-refractivity contribution in [1.29, 1.82) is 0 Å². The van der Waals surface area contributed by atoms with Crippen LogP contribution in [0.1, 0.15) is 80.2 Å². The third-order valence-corrected chi connectivity index (χ3v) is 9.10. The minimum Gasteiger partial charge on any atom is -0.508 e. The number of likely N-dealkylation sites (N-methyl/N-ethyl adjacent to an activating group) is 1. The largest absolute Gasteiger partial charge is 0.508 e. The Balaban J connectivity index is 1.45. The van der Waals surface area contributed by atoms with Gasteiger partial charge in [0.05, 0.1) is 12.1 Å². The zero-order valence-electron chi connectivity index (χ0n) is 23.6. The van der Waals surface area contributed by atoms with Crippen molar-refractivity contribution in [3.8, 4) is 5.75 Å². The second kappa shape index (κ2) is 12.4. The highest BCUT2D eigenvalue weighted by atomic mass is 16.3. The Morgan fingerprint density at radius 3 is 2.50 bits per heavy atom. The molecule has 5 rings (SSSR count). The minimum absolute atomic E-state index is 0.0220. The van der Waals surface area contributed by atoms with E-state index in [2.05, 4.69) is 28.1 Å². The number of amides is 3. The summed E-state index contributed by atoms with van der Waals surface area (Å²) < 4.78 is 0. The molecule has 0 unspecified atom stereocenters. The molecule has 4 N–H and O–H groups in total. The molecule has 0 saturated heterocycles. The number of carbonyl (C=O) groups excluding carboxylic acids is 3. The van der Waals surface area contributed by atoms with E-state index in [1.54, 1.807) is 31.0 Å². The second-order valence-electron chi connectivity index (χ2n) is 11.7. The maximum absolute atomic E-state index is 14.4. The van der Waals surface area contributed by atoms with E-state index in [0.717, 1.165) is 68.1 Å². The Morgan fingerprint density at radius 2 is 1.73 bits per heavy atom. The minimum atomic E-state index is -0.705. The fourth-order valence-electron chi connectivity index (χ4n) is 6.65. The van der Waals surface area contributed by atoms with Crippen molar-refractivity contribution in [2.45, 2.75) is 95.4 Å². The molecule has 8 nitrogen and oxygen atoms in total. The lowest BCUT2D eigenvalue weighted by Gasteiger charge is -2.41. The first kappa shape index (κ1) is 28.1. The van der Waals surface area contributed by atoms with Crippen molar-refractivity contribution in [1.82, 2.24) is 20.9 Å². The van der Waals surface area contributed by atoms with E-state index in [-0.39, 0.29) is 42.0 Å². The molecule has 0 spiro atoms. The Bertz CT molecular complexity index is 1240. The number of phenolic OH excluding ortho intramolecular Hbond substituents is 1. The molecule has 1 heterocycles. The molecule has 1 saturated carbocycles. The van der Waals surface area contributed by atoms with Crippen molar-refractivity contribution < 1.29 is 19.5 Å². The number of aromatic hydroxyl groups is 1. The van der Waals surface area contributed by atoms with Gasteiger partial charge in [-0.25, -0.2) is 0 Å². The predicted octanol–water partition coefficient (Wildman–Crippen LogP) is 3.51.